The van der Waals surface area contributed by atoms with E-state index in [4.69, 9.17) is 0 Å². The van der Waals surface area contributed by atoms with Gasteiger partial charge in [-0.15, -0.1) is 0 Å². The number of nitrogens with zero attached hydrogens (tertiary/aromatic N) is 1. The predicted molar refractivity (Wildman–Crippen MR) is 61.1 cm³/mol. The first-order valence-electron chi connectivity index (χ1n) is 5.48. The molecule has 0 aliphatic rings. The number of carbonyl (C=O) groups excluding carboxylic acids is 1. The van der Waals surface area contributed by atoms with Gasteiger partial charge in [0.15, 0.2) is 0 Å². The smallest absolute Gasteiger partial charge is 0.225 e. The molecule has 0 radical (unpaired) electrons. The highest BCUT2D eigenvalue weighted by atomic mass is 16.2. The van der Waals surface area contributed by atoms with E-state index in [9.17, 15) is 4.79 Å². The SMILES string of the molecule is CCC(N(C)C(=O)C(C)C)C(C)(C)C. The van der Waals surface area contributed by atoms with Crippen LogP contribution in [-0.2, 0) is 4.79 Å². The molecule has 2 nitrogen and oxygen atoms in total. The van der Waals surface area contributed by atoms with Crippen LogP contribution in [0, 0.1) is 11.3 Å². The summed E-state index contributed by atoms with van der Waals surface area (Å²) in [5, 5.41) is 0. The summed E-state index contributed by atoms with van der Waals surface area (Å²) in [6.07, 6.45) is 1.01. The third-order valence-electron chi connectivity index (χ3n) is 2.70. The molecule has 1 amide bonds. The number of hydrogen-bond donors (Lipinski definition) is 0. The minimum Gasteiger partial charge on any atom is -0.342 e. The Morgan fingerprint density at radius 2 is 1.71 bits per heavy atom. The lowest BCUT2D eigenvalue weighted by molar-refractivity contribution is -0.137. The monoisotopic (exact) mass is 199 g/mol. The third kappa shape index (κ3) is 3.32. The summed E-state index contributed by atoms with van der Waals surface area (Å²) in [5.74, 6) is 0.336. The molecule has 84 valence electrons. The largest absolute Gasteiger partial charge is 0.342 e. The van der Waals surface area contributed by atoms with Gasteiger partial charge >= 0.3 is 0 Å². The van der Waals surface area contributed by atoms with Crippen LogP contribution in [0.1, 0.15) is 48.0 Å². The summed E-state index contributed by atoms with van der Waals surface area (Å²) in [4.78, 5) is 13.7. The predicted octanol–water partition coefficient (Wildman–Crippen LogP) is 2.93. The van der Waals surface area contributed by atoms with E-state index in [1.165, 1.54) is 0 Å². The summed E-state index contributed by atoms with van der Waals surface area (Å²) in [7, 11) is 1.92. The molecule has 14 heavy (non-hydrogen) atoms. The number of amides is 1. The van der Waals surface area contributed by atoms with Crippen LogP contribution >= 0.6 is 0 Å². The Hall–Kier alpha value is -0.530. The second-order valence-corrected chi connectivity index (χ2v) is 5.39. The van der Waals surface area contributed by atoms with E-state index in [-0.39, 0.29) is 17.2 Å². The van der Waals surface area contributed by atoms with Crippen LogP contribution in [0.15, 0.2) is 0 Å². The molecule has 0 aromatic carbocycles. The van der Waals surface area contributed by atoms with E-state index >= 15 is 0 Å². The standard InChI is InChI=1S/C12H25NO/c1-8-10(12(4,5)6)13(7)11(14)9(2)3/h9-10H,8H2,1-7H3. The summed E-state index contributed by atoms with van der Waals surface area (Å²) < 4.78 is 0. The van der Waals surface area contributed by atoms with Crippen LogP contribution in [0.25, 0.3) is 0 Å². The van der Waals surface area contributed by atoms with Crippen molar-refractivity contribution in [2.75, 3.05) is 7.05 Å². The molecule has 0 aliphatic carbocycles. The Kier molecular flexibility index (Phi) is 4.63. The van der Waals surface area contributed by atoms with E-state index < -0.39 is 0 Å². The van der Waals surface area contributed by atoms with Crippen molar-refractivity contribution in [1.82, 2.24) is 4.90 Å². The normalized spacial score (nSPS) is 14.3. The van der Waals surface area contributed by atoms with Crippen LogP contribution in [0.3, 0.4) is 0 Å². The molecule has 0 aromatic rings. The van der Waals surface area contributed by atoms with E-state index in [2.05, 4.69) is 27.7 Å². The lowest BCUT2D eigenvalue weighted by Gasteiger charge is -2.38. The molecule has 0 saturated carbocycles. The molecular weight excluding hydrogens is 174 g/mol. The van der Waals surface area contributed by atoms with Crippen molar-refractivity contribution >= 4 is 5.91 Å². The average Bonchev–Trinajstić information content (AvgIpc) is 2.01. The maximum Gasteiger partial charge on any atom is 0.225 e. The fourth-order valence-corrected chi connectivity index (χ4v) is 2.03. The average molecular weight is 199 g/mol. The summed E-state index contributed by atoms with van der Waals surface area (Å²) >= 11 is 0. The summed E-state index contributed by atoms with van der Waals surface area (Å²) in [6, 6.07) is 0.331. The van der Waals surface area contributed by atoms with Gasteiger partial charge in [0.1, 0.15) is 0 Å². The maximum atomic E-state index is 11.8. The van der Waals surface area contributed by atoms with Gasteiger partial charge in [-0.05, 0) is 11.8 Å². The fraction of sp³-hybridized carbons (Fsp3) is 0.917. The van der Waals surface area contributed by atoms with Gasteiger partial charge in [0.2, 0.25) is 5.91 Å². The molecule has 0 aromatic heterocycles. The zero-order valence-corrected chi connectivity index (χ0v) is 10.7. The number of carbonyl (C=O) groups is 1. The number of hydrogen-bond acceptors (Lipinski definition) is 1. The van der Waals surface area contributed by atoms with Crippen molar-refractivity contribution in [3.05, 3.63) is 0 Å². The molecule has 0 fully saturated rings. The van der Waals surface area contributed by atoms with Gasteiger partial charge in [-0.2, -0.15) is 0 Å². The molecule has 0 heterocycles. The van der Waals surface area contributed by atoms with Gasteiger partial charge in [-0.1, -0.05) is 41.5 Å². The molecule has 0 rings (SSSR count). The first kappa shape index (κ1) is 13.5. The van der Waals surface area contributed by atoms with Gasteiger partial charge in [0, 0.05) is 19.0 Å². The zero-order chi connectivity index (χ0) is 11.5. The van der Waals surface area contributed by atoms with Gasteiger partial charge in [-0.25, -0.2) is 0 Å². The highest BCUT2D eigenvalue weighted by Crippen LogP contribution is 2.26. The lowest BCUT2D eigenvalue weighted by atomic mass is 9.84. The van der Waals surface area contributed by atoms with E-state index in [1.807, 2.05) is 25.8 Å². The topological polar surface area (TPSA) is 20.3 Å². The summed E-state index contributed by atoms with van der Waals surface area (Å²) in [5.41, 5.74) is 0.161. The van der Waals surface area contributed by atoms with Crippen LogP contribution in [0.2, 0.25) is 0 Å². The molecule has 0 bridgehead atoms. The Morgan fingerprint density at radius 1 is 1.29 bits per heavy atom. The molecule has 1 unspecified atom stereocenters. The van der Waals surface area contributed by atoms with Gasteiger partial charge in [0.05, 0.1) is 0 Å². The number of rotatable bonds is 3. The zero-order valence-electron chi connectivity index (χ0n) is 10.7. The van der Waals surface area contributed by atoms with E-state index in [1.54, 1.807) is 0 Å². The molecule has 0 spiro atoms. The Morgan fingerprint density at radius 3 is 1.93 bits per heavy atom. The van der Waals surface area contributed by atoms with Crippen molar-refractivity contribution in [3.63, 3.8) is 0 Å². The van der Waals surface area contributed by atoms with Crippen molar-refractivity contribution in [1.29, 1.82) is 0 Å². The van der Waals surface area contributed by atoms with Crippen molar-refractivity contribution in [3.8, 4) is 0 Å². The Bertz CT molecular complexity index is 191. The third-order valence-corrected chi connectivity index (χ3v) is 2.70. The summed E-state index contributed by atoms with van der Waals surface area (Å²) in [6.45, 7) is 12.6. The van der Waals surface area contributed by atoms with Crippen molar-refractivity contribution in [2.45, 2.75) is 54.0 Å². The quantitative estimate of drug-likeness (QED) is 0.684. The van der Waals surface area contributed by atoms with Gasteiger partial charge < -0.3 is 4.90 Å². The highest BCUT2D eigenvalue weighted by Gasteiger charge is 2.30. The van der Waals surface area contributed by atoms with E-state index in [0.717, 1.165) is 6.42 Å². The Labute approximate surface area is 88.7 Å². The minimum atomic E-state index is 0.0939. The maximum absolute atomic E-state index is 11.8. The second-order valence-electron chi connectivity index (χ2n) is 5.39. The first-order valence-corrected chi connectivity index (χ1v) is 5.48. The Balaban J connectivity index is 4.63. The lowest BCUT2D eigenvalue weighted by Crippen LogP contribution is -2.46. The molecule has 0 aliphatic heterocycles. The molecule has 0 N–H and O–H groups in total. The van der Waals surface area contributed by atoms with E-state index in [0.29, 0.717) is 6.04 Å². The highest BCUT2D eigenvalue weighted by molar-refractivity contribution is 5.78. The second kappa shape index (κ2) is 4.81. The van der Waals surface area contributed by atoms with Crippen LogP contribution < -0.4 is 0 Å². The minimum absolute atomic E-state index is 0.0939. The molecule has 2 heteroatoms. The van der Waals surface area contributed by atoms with Crippen LogP contribution in [0.4, 0.5) is 0 Å². The molecule has 1 atom stereocenters. The van der Waals surface area contributed by atoms with Crippen molar-refractivity contribution < 1.29 is 4.79 Å². The van der Waals surface area contributed by atoms with Crippen LogP contribution in [0.5, 0.6) is 0 Å². The van der Waals surface area contributed by atoms with Gasteiger partial charge in [-0.3, -0.25) is 4.79 Å². The van der Waals surface area contributed by atoms with Crippen molar-refractivity contribution in [2.24, 2.45) is 11.3 Å². The van der Waals surface area contributed by atoms with Crippen LogP contribution in [-0.4, -0.2) is 23.9 Å². The fourth-order valence-electron chi connectivity index (χ4n) is 2.03. The molecule has 0 saturated heterocycles. The molecular formula is C12H25NO. The first-order chi connectivity index (χ1) is 6.21. The van der Waals surface area contributed by atoms with Gasteiger partial charge in [0.25, 0.3) is 0 Å².